The number of halogens is 1. The number of fused-ring (bicyclic) bond motifs is 2. The quantitative estimate of drug-likeness (QED) is 0.395. The van der Waals surface area contributed by atoms with E-state index in [9.17, 15) is 19.1 Å². The number of rotatable bonds is 7. The summed E-state index contributed by atoms with van der Waals surface area (Å²) in [6.07, 6.45) is 4.51. The molecule has 2 bridgehead atoms. The first kappa shape index (κ1) is 21.8. The first-order valence-corrected chi connectivity index (χ1v) is 10.9. The minimum atomic E-state index is -0.704. The molecule has 1 aromatic carbocycles. The molecular weight excluding hydrogens is 395 g/mol. The lowest BCUT2D eigenvalue weighted by Crippen LogP contribution is -2.47. The molecule has 3 unspecified atom stereocenters. The molecule has 1 aliphatic heterocycles. The summed E-state index contributed by atoms with van der Waals surface area (Å²) in [5, 5.41) is 9.61. The van der Waals surface area contributed by atoms with Crippen molar-refractivity contribution < 1.29 is 28.6 Å². The molecule has 2 aliphatic rings. The molecule has 0 amide bonds. The number of phenols is 1. The van der Waals surface area contributed by atoms with Crippen molar-refractivity contribution in [1.29, 1.82) is 0 Å². The van der Waals surface area contributed by atoms with Crippen molar-refractivity contribution in [3.8, 4) is 5.75 Å². The van der Waals surface area contributed by atoms with Crippen molar-refractivity contribution in [3.63, 3.8) is 0 Å². The van der Waals surface area contributed by atoms with E-state index in [-0.39, 0.29) is 29.7 Å². The SMILES string of the molecule is CCOC(=O)C12CC=C(CCCSC(C)=O)C(C1)C(c1ccc(O)c(F)c1)OC2. The van der Waals surface area contributed by atoms with E-state index in [2.05, 4.69) is 6.08 Å². The molecule has 1 aliphatic carbocycles. The summed E-state index contributed by atoms with van der Waals surface area (Å²) in [6, 6.07) is 4.30. The van der Waals surface area contributed by atoms with Gasteiger partial charge in [-0.05, 0) is 50.3 Å². The van der Waals surface area contributed by atoms with Crippen LogP contribution in [0.1, 0.15) is 51.2 Å². The van der Waals surface area contributed by atoms with Crippen LogP contribution in [0, 0.1) is 17.2 Å². The van der Waals surface area contributed by atoms with Gasteiger partial charge in [-0.1, -0.05) is 29.5 Å². The number of thioether (sulfide) groups is 1. The van der Waals surface area contributed by atoms with Crippen LogP contribution in [0.5, 0.6) is 5.75 Å². The summed E-state index contributed by atoms with van der Waals surface area (Å²) in [5.41, 5.74) is 1.12. The molecule has 1 saturated heterocycles. The second-order valence-electron chi connectivity index (χ2n) is 7.68. The zero-order valence-corrected chi connectivity index (χ0v) is 17.6. The van der Waals surface area contributed by atoms with Crippen LogP contribution in [0.3, 0.4) is 0 Å². The Morgan fingerprint density at radius 2 is 2.21 bits per heavy atom. The second-order valence-corrected chi connectivity index (χ2v) is 8.95. The Morgan fingerprint density at radius 1 is 1.41 bits per heavy atom. The topological polar surface area (TPSA) is 72.8 Å². The van der Waals surface area contributed by atoms with Gasteiger partial charge in [0.25, 0.3) is 0 Å². The lowest BCUT2D eigenvalue weighted by molar-refractivity contribution is -0.174. The van der Waals surface area contributed by atoms with Crippen molar-refractivity contribution in [2.45, 2.75) is 45.6 Å². The summed E-state index contributed by atoms with van der Waals surface area (Å²) >= 11 is 1.31. The average molecular weight is 423 g/mol. The van der Waals surface area contributed by atoms with Gasteiger partial charge >= 0.3 is 5.97 Å². The van der Waals surface area contributed by atoms with Crippen molar-refractivity contribution in [3.05, 3.63) is 41.2 Å². The van der Waals surface area contributed by atoms with Gasteiger partial charge in [-0.15, -0.1) is 0 Å². The lowest BCUT2D eigenvalue weighted by atomic mass is 9.65. The summed E-state index contributed by atoms with van der Waals surface area (Å²) in [7, 11) is 0. The fraction of sp³-hybridized carbons (Fsp3) is 0.545. The smallest absolute Gasteiger partial charge is 0.314 e. The summed E-state index contributed by atoms with van der Waals surface area (Å²) in [4.78, 5) is 23.8. The Morgan fingerprint density at radius 3 is 2.90 bits per heavy atom. The van der Waals surface area contributed by atoms with Crippen LogP contribution in [0.15, 0.2) is 29.8 Å². The van der Waals surface area contributed by atoms with Gasteiger partial charge in [0.05, 0.1) is 24.7 Å². The zero-order valence-electron chi connectivity index (χ0n) is 16.8. The predicted octanol–water partition coefficient (Wildman–Crippen LogP) is 4.55. The van der Waals surface area contributed by atoms with Gasteiger partial charge in [0.15, 0.2) is 16.7 Å². The van der Waals surface area contributed by atoms with E-state index in [0.29, 0.717) is 25.0 Å². The molecule has 7 heteroatoms. The van der Waals surface area contributed by atoms with Gasteiger partial charge in [0.1, 0.15) is 0 Å². The third-order valence-electron chi connectivity index (χ3n) is 5.67. The number of hydrogen-bond acceptors (Lipinski definition) is 6. The number of phenolic OH excluding ortho intramolecular Hbond substituents is 1. The largest absolute Gasteiger partial charge is 0.505 e. The fourth-order valence-corrected chi connectivity index (χ4v) is 4.79. The summed E-state index contributed by atoms with van der Waals surface area (Å²) < 4.78 is 25.4. The van der Waals surface area contributed by atoms with Gasteiger partial charge in [-0.25, -0.2) is 4.39 Å². The molecular formula is C22H27FO5S. The molecule has 0 aromatic heterocycles. The third kappa shape index (κ3) is 4.83. The highest BCUT2D eigenvalue weighted by molar-refractivity contribution is 8.13. The third-order valence-corrected chi connectivity index (χ3v) is 6.57. The van der Waals surface area contributed by atoms with Gasteiger partial charge in [0.2, 0.25) is 0 Å². The van der Waals surface area contributed by atoms with E-state index in [1.165, 1.54) is 29.5 Å². The maximum absolute atomic E-state index is 14.0. The Bertz CT molecular complexity index is 808. The van der Waals surface area contributed by atoms with Crippen molar-refractivity contribution in [2.75, 3.05) is 19.0 Å². The number of carbonyl (C=O) groups excluding carboxylic acids is 2. The van der Waals surface area contributed by atoms with Crippen LogP contribution in [0.2, 0.25) is 0 Å². The number of allylic oxidation sites excluding steroid dienone is 1. The molecule has 3 atom stereocenters. The molecule has 1 N–H and O–H groups in total. The molecule has 0 radical (unpaired) electrons. The lowest BCUT2D eigenvalue weighted by Gasteiger charge is -2.46. The number of ether oxygens (including phenoxy) is 2. The van der Waals surface area contributed by atoms with Gasteiger partial charge in [-0.3, -0.25) is 9.59 Å². The highest BCUT2D eigenvalue weighted by atomic mass is 32.2. The molecule has 158 valence electrons. The second kappa shape index (κ2) is 9.30. The molecule has 1 fully saturated rings. The number of aromatic hydroxyl groups is 1. The number of benzene rings is 1. The van der Waals surface area contributed by atoms with Crippen LogP contribution < -0.4 is 0 Å². The van der Waals surface area contributed by atoms with Crippen molar-refractivity contribution in [2.24, 2.45) is 11.3 Å². The minimum absolute atomic E-state index is 0.0758. The summed E-state index contributed by atoms with van der Waals surface area (Å²) in [6.45, 7) is 3.88. The Labute approximate surface area is 174 Å². The average Bonchev–Trinajstić information content (AvgIpc) is 2.69. The first-order valence-electron chi connectivity index (χ1n) is 9.96. The number of carbonyl (C=O) groups is 2. The van der Waals surface area contributed by atoms with Crippen molar-refractivity contribution in [1.82, 2.24) is 0 Å². The van der Waals surface area contributed by atoms with Crippen LogP contribution >= 0.6 is 11.8 Å². The Hall–Kier alpha value is -1.86. The van der Waals surface area contributed by atoms with Gasteiger partial charge in [0, 0.05) is 18.6 Å². The van der Waals surface area contributed by atoms with E-state index in [4.69, 9.17) is 9.47 Å². The molecule has 0 saturated carbocycles. The van der Waals surface area contributed by atoms with Crippen molar-refractivity contribution >= 4 is 22.8 Å². The molecule has 1 heterocycles. The van der Waals surface area contributed by atoms with Gasteiger partial charge < -0.3 is 14.6 Å². The number of hydrogen-bond donors (Lipinski definition) is 1. The zero-order chi connectivity index (χ0) is 21.0. The Balaban J connectivity index is 1.84. The van der Waals surface area contributed by atoms with E-state index >= 15 is 0 Å². The molecule has 1 aromatic rings. The van der Waals surface area contributed by atoms with E-state index in [1.807, 2.05) is 0 Å². The molecule has 0 spiro atoms. The normalized spacial score (nSPS) is 26.0. The number of esters is 1. The standard InChI is InChI=1S/C22H27FO5S/c1-3-27-21(26)22-9-8-15(5-4-10-29-14(2)24)17(12-22)20(28-13-22)16-6-7-19(25)18(23)11-16/h6-8,11,17,20,25H,3-5,9-10,12-13H2,1-2H3. The van der Waals surface area contributed by atoms with Crippen LogP contribution in [-0.2, 0) is 19.1 Å². The highest BCUT2D eigenvalue weighted by Crippen LogP contribution is 2.52. The van der Waals surface area contributed by atoms with Crippen LogP contribution in [0.25, 0.3) is 0 Å². The molecule has 3 rings (SSSR count). The minimum Gasteiger partial charge on any atom is -0.505 e. The van der Waals surface area contributed by atoms with Crippen LogP contribution in [-0.4, -0.2) is 35.2 Å². The monoisotopic (exact) mass is 422 g/mol. The maximum Gasteiger partial charge on any atom is 0.314 e. The van der Waals surface area contributed by atoms with Crippen LogP contribution in [0.4, 0.5) is 4.39 Å². The molecule has 5 nitrogen and oxygen atoms in total. The van der Waals surface area contributed by atoms with E-state index < -0.39 is 17.0 Å². The Kier molecular flexibility index (Phi) is 7.01. The predicted molar refractivity (Wildman–Crippen MR) is 109 cm³/mol. The molecule has 29 heavy (non-hydrogen) atoms. The fourth-order valence-electron chi connectivity index (χ4n) is 4.22. The van der Waals surface area contributed by atoms with E-state index in [1.54, 1.807) is 19.9 Å². The van der Waals surface area contributed by atoms with E-state index in [0.717, 1.165) is 18.6 Å². The first-order chi connectivity index (χ1) is 13.9. The maximum atomic E-state index is 14.0. The highest BCUT2D eigenvalue weighted by Gasteiger charge is 2.51. The van der Waals surface area contributed by atoms with Gasteiger partial charge in [-0.2, -0.15) is 0 Å². The summed E-state index contributed by atoms with van der Waals surface area (Å²) in [5.74, 6) is -0.670.